The second-order valence-electron chi connectivity index (χ2n) is 11.3. The van der Waals surface area contributed by atoms with Crippen molar-refractivity contribution in [3.05, 3.63) is 47.0 Å². The summed E-state index contributed by atoms with van der Waals surface area (Å²) in [6.07, 6.45) is 8.96. The Morgan fingerprint density at radius 1 is 0.774 bits per heavy atom. The van der Waals surface area contributed by atoms with Crippen LogP contribution in [0.3, 0.4) is 0 Å². The molecule has 4 aliphatic rings. The summed E-state index contributed by atoms with van der Waals surface area (Å²) in [4.78, 5) is 8.22. The van der Waals surface area contributed by atoms with Gasteiger partial charge in [-0.3, -0.25) is 0 Å². The van der Waals surface area contributed by atoms with Crippen molar-refractivity contribution in [1.82, 2.24) is 9.97 Å². The Bertz CT molecular complexity index is 799. The van der Waals surface area contributed by atoms with Crippen LogP contribution in [0.2, 0.25) is 0 Å². The van der Waals surface area contributed by atoms with Gasteiger partial charge in [0, 0.05) is 0 Å². The summed E-state index contributed by atoms with van der Waals surface area (Å²) in [5.74, 6) is 3.14. The molecule has 2 aromatic rings. The van der Waals surface area contributed by atoms with Gasteiger partial charge in [-0.1, -0.05) is 52.0 Å². The zero-order valence-electron chi connectivity index (χ0n) is 20.6. The third kappa shape index (κ3) is 7.77. The number of rotatable bonds is 1. The molecule has 0 amide bonds. The third-order valence-corrected chi connectivity index (χ3v) is 9.70. The Labute approximate surface area is 198 Å². The van der Waals surface area contributed by atoms with Crippen LogP contribution in [0.15, 0.2) is 27.8 Å². The average Bonchev–Trinajstić information content (AvgIpc) is 3.19. The monoisotopic (exact) mass is 505 g/mol. The van der Waals surface area contributed by atoms with E-state index < -0.39 is 0 Å². The molecule has 2 heterocycles. The largest absolute Gasteiger partial charge is 0.665 e. The van der Waals surface area contributed by atoms with Crippen LogP contribution in [0.5, 0.6) is 0 Å². The minimum absolute atomic E-state index is 0.214. The van der Waals surface area contributed by atoms with Crippen LogP contribution < -0.4 is 9.97 Å². The molecule has 4 heteroatoms. The summed E-state index contributed by atoms with van der Waals surface area (Å²) in [5, 5.41) is 0. The minimum atomic E-state index is -0.214. The summed E-state index contributed by atoms with van der Waals surface area (Å²) in [5.41, 5.74) is 5.29. The average molecular weight is 504 g/mol. The predicted octanol–water partition coefficient (Wildman–Crippen LogP) is 6.59. The SMILES string of the molecule is CC(C)(C)[CH]=[Mo+2]=[N]C12CC3CC(CC(C3)C1)C2.Cc1ccc(C)[n-]1.Cc1ccc(C)[n-]1. The van der Waals surface area contributed by atoms with Crippen molar-refractivity contribution in [3.63, 3.8) is 0 Å². The fraction of sp³-hybridized carbons (Fsp3) is 0.667. The molecule has 4 bridgehead atoms. The van der Waals surface area contributed by atoms with E-state index in [-0.39, 0.29) is 17.9 Å². The third-order valence-electron chi connectivity index (χ3n) is 6.50. The van der Waals surface area contributed by atoms with E-state index >= 15 is 0 Å². The summed E-state index contributed by atoms with van der Waals surface area (Å²) < 4.78 is 7.80. The van der Waals surface area contributed by atoms with E-state index in [1.165, 1.54) is 38.5 Å². The molecule has 0 radical (unpaired) electrons. The maximum Gasteiger partial charge on any atom is -0.0607 e. The molecular weight excluding hydrogens is 462 g/mol. The Morgan fingerprint density at radius 2 is 1.13 bits per heavy atom. The molecule has 0 aromatic carbocycles. The smallest absolute Gasteiger partial charge is 0.0607 e. The number of hydrogen-bond acceptors (Lipinski definition) is 1. The molecule has 0 unspecified atom stereocenters. The molecule has 31 heavy (non-hydrogen) atoms. The van der Waals surface area contributed by atoms with Gasteiger partial charge in [-0.05, 0) is 0 Å². The van der Waals surface area contributed by atoms with Crippen LogP contribution in [0.25, 0.3) is 0 Å². The molecule has 0 aliphatic heterocycles. The Hall–Kier alpha value is -1.08. The van der Waals surface area contributed by atoms with Gasteiger partial charge >= 0.3 is 114 Å². The van der Waals surface area contributed by atoms with Crippen molar-refractivity contribution in [2.24, 2.45) is 26.7 Å². The molecule has 0 spiro atoms. The van der Waals surface area contributed by atoms with Crippen molar-refractivity contribution in [3.8, 4) is 0 Å². The van der Waals surface area contributed by atoms with Gasteiger partial charge in [0.05, 0.1) is 0 Å². The summed E-state index contributed by atoms with van der Waals surface area (Å²) in [6.45, 7) is 14.9. The Kier molecular flexibility index (Phi) is 8.11. The molecule has 4 saturated carbocycles. The van der Waals surface area contributed by atoms with Crippen LogP contribution in [-0.2, 0) is 17.9 Å². The molecule has 4 fully saturated rings. The van der Waals surface area contributed by atoms with Crippen molar-refractivity contribution in [2.45, 2.75) is 92.5 Å². The first-order valence-electron chi connectivity index (χ1n) is 11.9. The van der Waals surface area contributed by atoms with Crippen LogP contribution in [0.4, 0.5) is 0 Å². The summed E-state index contributed by atoms with van der Waals surface area (Å²) in [6, 6.07) is 8.04. The second kappa shape index (κ2) is 10.2. The van der Waals surface area contributed by atoms with Gasteiger partial charge in [0.2, 0.25) is 0 Å². The molecule has 170 valence electrons. The Morgan fingerprint density at radius 3 is 1.39 bits per heavy atom. The zero-order valence-corrected chi connectivity index (χ0v) is 22.6. The van der Waals surface area contributed by atoms with E-state index in [9.17, 15) is 0 Å². The van der Waals surface area contributed by atoms with Gasteiger partial charge in [0.1, 0.15) is 0 Å². The van der Waals surface area contributed by atoms with Gasteiger partial charge in [0.25, 0.3) is 0 Å². The van der Waals surface area contributed by atoms with E-state index in [2.05, 4.69) is 35.1 Å². The number of nitrogens with zero attached hydrogens (tertiary/aromatic N) is 3. The summed E-state index contributed by atoms with van der Waals surface area (Å²) >= 11 is -0.214. The van der Waals surface area contributed by atoms with Crippen LogP contribution in [0, 0.1) is 50.9 Å². The fourth-order valence-corrected chi connectivity index (χ4v) is 7.67. The normalized spacial score (nSPS) is 28.0. The molecule has 0 atom stereocenters. The van der Waals surface area contributed by atoms with Crippen LogP contribution in [-0.4, -0.2) is 9.94 Å². The van der Waals surface area contributed by atoms with Gasteiger partial charge < -0.3 is 9.97 Å². The van der Waals surface area contributed by atoms with Crippen molar-refractivity contribution in [2.75, 3.05) is 0 Å². The quantitative estimate of drug-likeness (QED) is 0.412. The summed E-state index contributed by atoms with van der Waals surface area (Å²) in [7, 11) is 0. The molecule has 4 aliphatic carbocycles. The maximum atomic E-state index is 5.28. The first-order chi connectivity index (χ1) is 14.5. The Balaban J connectivity index is 0.000000160. The van der Waals surface area contributed by atoms with E-state index in [4.69, 9.17) is 3.50 Å². The standard InChI is InChI=1S/C10H15N.2C6H8N.C5H10.Mo/c11-10-4-7-1-8(5-10)3-9(2-7)6-10;2*1-5-3-4-6(2)7-5;1-5(2,3)4;/h7-9H,1-6H2;2*3-4H,1-2H3;1H,2-4H3;/q;2*-1;;+2. The first kappa shape index (κ1) is 24.6. The van der Waals surface area contributed by atoms with E-state index in [1.807, 2.05) is 52.0 Å². The van der Waals surface area contributed by atoms with Crippen LogP contribution >= 0.6 is 0 Å². The first-order valence-corrected chi connectivity index (χ1v) is 13.9. The minimum Gasteiger partial charge on any atom is -0.665 e. The van der Waals surface area contributed by atoms with Gasteiger partial charge in [0.15, 0.2) is 0 Å². The zero-order chi connectivity index (χ0) is 22.6. The van der Waals surface area contributed by atoms with Crippen molar-refractivity contribution >= 4 is 4.40 Å². The number of hydrogen-bond donors (Lipinski definition) is 0. The second-order valence-corrected chi connectivity index (χ2v) is 12.8. The molecule has 0 N–H and O–H groups in total. The molecular formula is C27H41MoN3. The van der Waals surface area contributed by atoms with Crippen molar-refractivity contribution < 1.29 is 17.9 Å². The fourth-order valence-electron chi connectivity index (χ4n) is 5.66. The topological polar surface area (TPSA) is 40.6 Å². The van der Waals surface area contributed by atoms with Crippen LogP contribution in [0.1, 0.15) is 82.1 Å². The maximum absolute atomic E-state index is 5.28. The predicted molar refractivity (Wildman–Crippen MR) is 127 cm³/mol. The van der Waals surface area contributed by atoms with E-state index in [0.717, 1.165) is 40.5 Å². The van der Waals surface area contributed by atoms with Crippen molar-refractivity contribution in [1.29, 1.82) is 0 Å². The molecule has 6 rings (SSSR count). The van der Waals surface area contributed by atoms with Gasteiger partial charge in [-0.15, -0.1) is 0 Å². The molecule has 0 saturated heterocycles. The molecule has 3 nitrogen and oxygen atoms in total. The molecule has 2 aromatic heterocycles. The van der Waals surface area contributed by atoms with E-state index in [0.29, 0.717) is 11.0 Å². The number of aromatic nitrogens is 2. The number of aryl methyl sites for hydroxylation is 4. The van der Waals surface area contributed by atoms with Gasteiger partial charge in [-0.25, -0.2) is 0 Å². The van der Waals surface area contributed by atoms with E-state index in [1.54, 1.807) is 0 Å². The van der Waals surface area contributed by atoms with Gasteiger partial charge in [-0.2, -0.15) is 22.8 Å².